The van der Waals surface area contributed by atoms with Gasteiger partial charge in [0.05, 0.1) is 17.0 Å². The second kappa shape index (κ2) is 6.59. The summed E-state index contributed by atoms with van der Waals surface area (Å²) in [6.45, 7) is 0.288. The van der Waals surface area contributed by atoms with Crippen molar-refractivity contribution in [3.63, 3.8) is 0 Å². The van der Waals surface area contributed by atoms with Crippen LogP contribution in [0.5, 0.6) is 0 Å². The first-order valence-electron chi connectivity index (χ1n) is 8.35. The quantitative estimate of drug-likeness (QED) is 0.765. The second-order valence-corrected chi connectivity index (χ2v) is 6.64. The summed E-state index contributed by atoms with van der Waals surface area (Å²) in [5.41, 5.74) is 1.24. The Labute approximate surface area is 154 Å². The summed E-state index contributed by atoms with van der Waals surface area (Å²) in [4.78, 5) is 27.7. The number of aliphatic hydroxyl groups is 1. The third kappa shape index (κ3) is 2.60. The molecular formula is C20H16ClNO4. The highest BCUT2D eigenvalue weighted by Crippen LogP contribution is 2.38. The molecule has 2 aromatic carbocycles. The standard InChI is InChI=1S/C20H16ClNO4/c21-13-7-8-15-14(11-13)18(24)16-17(12-5-2-1-3-6-12)22(9-4-10-23)20(25)19(16)26-15/h1-3,5-8,11,17,23H,4,9-10H2/t17-/m0/s1. The lowest BCUT2D eigenvalue weighted by atomic mass is 9.98. The van der Waals surface area contributed by atoms with Gasteiger partial charge in [0.25, 0.3) is 5.91 Å². The monoisotopic (exact) mass is 369 g/mol. The number of rotatable bonds is 4. The maximum absolute atomic E-state index is 13.2. The number of hydrogen-bond donors (Lipinski definition) is 1. The molecule has 1 amide bonds. The molecule has 2 heterocycles. The number of fused-ring (bicyclic) bond motifs is 2. The Balaban J connectivity index is 1.98. The third-order valence-corrected chi connectivity index (χ3v) is 4.84. The van der Waals surface area contributed by atoms with E-state index in [1.807, 2.05) is 30.3 Å². The van der Waals surface area contributed by atoms with Crippen molar-refractivity contribution in [3.8, 4) is 0 Å². The number of halogens is 1. The molecule has 0 saturated carbocycles. The molecule has 3 aromatic rings. The Kier molecular flexibility index (Phi) is 4.26. The summed E-state index contributed by atoms with van der Waals surface area (Å²) in [6.07, 6.45) is 0.419. The minimum Gasteiger partial charge on any atom is -0.450 e. The van der Waals surface area contributed by atoms with Gasteiger partial charge in [-0.2, -0.15) is 0 Å². The van der Waals surface area contributed by atoms with Crippen LogP contribution >= 0.6 is 11.6 Å². The van der Waals surface area contributed by atoms with Crippen LogP contribution in [0.1, 0.15) is 34.1 Å². The summed E-state index contributed by atoms with van der Waals surface area (Å²) in [5, 5.41) is 9.98. The average Bonchev–Trinajstić information content (AvgIpc) is 2.94. The van der Waals surface area contributed by atoms with E-state index in [2.05, 4.69) is 0 Å². The molecule has 0 bridgehead atoms. The number of carbonyl (C=O) groups excluding carboxylic acids is 1. The lowest BCUT2D eigenvalue weighted by molar-refractivity contribution is 0.0716. The van der Waals surface area contributed by atoms with Crippen molar-refractivity contribution in [2.45, 2.75) is 12.5 Å². The average molecular weight is 370 g/mol. The van der Waals surface area contributed by atoms with Gasteiger partial charge in [-0.15, -0.1) is 0 Å². The van der Waals surface area contributed by atoms with Crippen LogP contribution in [0.3, 0.4) is 0 Å². The number of amides is 1. The molecule has 26 heavy (non-hydrogen) atoms. The molecule has 0 fully saturated rings. The van der Waals surface area contributed by atoms with Crippen molar-refractivity contribution in [1.29, 1.82) is 0 Å². The molecule has 6 heteroatoms. The summed E-state index contributed by atoms with van der Waals surface area (Å²) in [6, 6.07) is 13.6. The van der Waals surface area contributed by atoms with E-state index in [4.69, 9.17) is 16.0 Å². The van der Waals surface area contributed by atoms with Gasteiger partial charge in [0.1, 0.15) is 5.58 Å². The van der Waals surface area contributed by atoms with Gasteiger partial charge in [-0.05, 0) is 30.2 Å². The van der Waals surface area contributed by atoms with Gasteiger partial charge in [-0.1, -0.05) is 41.9 Å². The number of carbonyl (C=O) groups is 1. The van der Waals surface area contributed by atoms with Crippen LogP contribution in [0.4, 0.5) is 0 Å². The van der Waals surface area contributed by atoms with E-state index >= 15 is 0 Å². The highest BCUT2D eigenvalue weighted by molar-refractivity contribution is 6.31. The van der Waals surface area contributed by atoms with Crippen LogP contribution in [0.15, 0.2) is 57.7 Å². The number of benzene rings is 2. The molecule has 0 saturated heterocycles. The topological polar surface area (TPSA) is 70.8 Å². The molecule has 0 unspecified atom stereocenters. The molecule has 4 rings (SSSR count). The normalized spacial score (nSPS) is 16.3. The van der Waals surface area contributed by atoms with Crippen LogP contribution in [0.25, 0.3) is 11.0 Å². The van der Waals surface area contributed by atoms with Gasteiger partial charge in [0.2, 0.25) is 5.76 Å². The first-order valence-corrected chi connectivity index (χ1v) is 8.72. The van der Waals surface area contributed by atoms with Gasteiger partial charge in [-0.3, -0.25) is 9.59 Å². The van der Waals surface area contributed by atoms with Crippen LogP contribution in [-0.2, 0) is 0 Å². The van der Waals surface area contributed by atoms with E-state index in [1.54, 1.807) is 23.1 Å². The number of hydrogen-bond acceptors (Lipinski definition) is 4. The molecule has 132 valence electrons. The van der Waals surface area contributed by atoms with Crippen molar-refractivity contribution in [3.05, 3.63) is 80.7 Å². The smallest absolute Gasteiger partial charge is 0.290 e. The van der Waals surface area contributed by atoms with Crippen LogP contribution in [-0.4, -0.2) is 29.1 Å². The zero-order valence-corrected chi connectivity index (χ0v) is 14.6. The summed E-state index contributed by atoms with van der Waals surface area (Å²) >= 11 is 6.04. The van der Waals surface area contributed by atoms with Crippen molar-refractivity contribution >= 4 is 28.5 Å². The van der Waals surface area contributed by atoms with Gasteiger partial charge >= 0.3 is 0 Å². The molecule has 0 spiro atoms. The van der Waals surface area contributed by atoms with Gasteiger partial charge < -0.3 is 14.4 Å². The molecule has 1 aromatic heterocycles. The predicted molar refractivity (Wildman–Crippen MR) is 98.5 cm³/mol. The van der Waals surface area contributed by atoms with E-state index in [1.165, 1.54) is 0 Å². The first-order chi connectivity index (χ1) is 12.6. The fraction of sp³-hybridized carbons (Fsp3) is 0.200. The lowest BCUT2D eigenvalue weighted by Gasteiger charge is -2.24. The second-order valence-electron chi connectivity index (χ2n) is 6.20. The summed E-state index contributed by atoms with van der Waals surface area (Å²) < 4.78 is 5.80. The summed E-state index contributed by atoms with van der Waals surface area (Å²) in [7, 11) is 0. The molecule has 1 N–H and O–H groups in total. The maximum Gasteiger partial charge on any atom is 0.290 e. The van der Waals surface area contributed by atoms with Crippen molar-refractivity contribution in [2.75, 3.05) is 13.2 Å². The number of nitrogens with zero attached hydrogens (tertiary/aromatic N) is 1. The van der Waals surface area contributed by atoms with Crippen molar-refractivity contribution in [2.24, 2.45) is 0 Å². The SMILES string of the molecule is O=C1c2oc3ccc(Cl)cc3c(=O)c2[C@H](c2ccccc2)N1CCCO. The predicted octanol–water partition coefficient (Wildman–Crippen LogP) is 3.37. The van der Waals surface area contributed by atoms with Gasteiger partial charge in [0.15, 0.2) is 5.43 Å². The molecule has 5 nitrogen and oxygen atoms in total. The Hall–Kier alpha value is -2.63. The van der Waals surface area contributed by atoms with Crippen molar-refractivity contribution in [1.82, 2.24) is 4.90 Å². The Morgan fingerprint density at radius 2 is 1.88 bits per heavy atom. The molecular weight excluding hydrogens is 354 g/mol. The maximum atomic E-state index is 13.2. The van der Waals surface area contributed by atoms with E-state index in [0.717, 1.165) is 5.56 Å². The van der Waals surface area contributed by atoms with Crippen molar-refractivity contribution < 1.29 is 14.3 Å². The van der Waals surface area contributed by atoms with E-state index in [9.17, 15) is 14.7 Å². The summed E-state index contributed by atoms with van der Waals surface area (Å²) in [5.74, 6) is -0.270. The zero-order valence-electron chi connectivity index (χ0n) is 13.8. The largest absolute Gasteiger partial charge is 0.450 e. The first kappa shape index (κ1) is 16.8. The third-order valence-electron chi connectivity index (χ3n) is 4.60. The molecule has 0 aliphatic carbocycles. The molecule has 0 radical (unpaired) electrons. The van der Waals surface area contributed by atoms with E-state index < -0.39 is 6.04 Å². The molecule has 1 aliphatic heterocycles. The van der Waals surface area contributed by atoms with Crippen LogP contribution in [0, 0.1) is 0 Å². The van der Waals surface area contributed by atoms with Gasteiger partial charge in [0, 0.05) is 18.2 Å². The molecule has 1 atom stereocenters. The minimum atomic E-state index is -0.537. The van der Waals surface area contributed by atoms with Crippen LogP contribution < -0.4 is 5.43 Å². The van der Waals surface area contributed by atoms with Crippen LogP contribution in [0.2, 0.25) is 5.02 Å². The minimum absolute atomic E-state index is 0.0411. The zero-order chi connectivity index (χ0) is 18.3. The lowest BCUT2D eigenvalue weighted by Crippen LogP contribution is -2.31. The van der Waals surface area contributed by atoms with E-state index in [-0.39, 0.29) is 23.7 Å². The fourth-order valence-electron chi connectivity index (χ4n) is 3.45. The highest BCUT2D eigenvalue weighted by atomic mass is 35.5. The Morgan fingerprint density at radius 1 is 1.12 bits per heavy atom. The van der Waals surface area contributed by atoms with E-state index in [0.29, 0.717) is 34.5 Å². The molecule has 1 aliphatic rings. The Morgan fingerprint density at radius 3 is 2.62 bits per heavy atom. The highest BCUT2D eigenvalue weighted by Gasteiger charge is 2.42. The van der Waals surface area contributed by atoms with Gasteiger partial charge in [-0.25, -0.2) is 0 Å². The number of aliphatic hydroxyl groups excluding tert-OH is 1. The Bertz CT molecular complexity index is 1040. The fourth-order valence-corrected chi connectivity index (χ4v) is 3.62.